The van der Waals surface area contributed by atoms with E-state index in [-0.39, 0.29) is 28.3 Å². The molecule has 0 aliphatic rings. The minimum Gasteiger partial charge on any atom is -0.345 e. The van der Waals surface area contributed by atoms with Crippen LogP contribution in [0.15, 0.2) is 35.2 Å². The van der Waals surface area contributed by atoms with Crippen LogP contribution in [0.5, 0.6) is 0 Å². The zero-order valence-corrected chi connectivity index (χ0v) is 22.3. The zero-order chi connectivity index (χ0) is 25.6. The Kier molecular flexibility index (Phi) is 6.92. The Balaban J connectivity index is 1.99. The summed E-state index contributed by atoms with van der Waals surface area (Å²) in [5.74, 6) is -0.0773. The first-order valence-corrected chi connectivity index (χ1v) is 12.8. The molecule has 0 bridgehead atoms. The lowest BCUT2D eigenvalue weighted by molar-refractivity contribution is 0.0941. The van der Waals surface area contributed by atoms with Gasteiger partial charge in [0.25, 0.3) is 5.91 Å². The molecule has 1 amide bonds. The maximum Gasteiger partial charge on any atom is 0.252 e. The van der Waals surface area contributed by atoms with E-state index < -0.39 is 10.0 Å². The number of hydrogen-bond donors (Lipinski definition) is 1. The summed E-state index contributed by atoms with van der Waals surface area (Å²) in [5.41, 5.74) is 3.35. The smallest absolute Gasteiger partial charge is 0.252 e. The van der Waals surface area contributed by atoms with Crippen molar-refractivity contribution in [3.63, 3.8) is 0 Å². The van der Waals surface area contributed by atoms with Gasteiger partial charge in [0.05, 0.1) is 33.1 Å². The fourth-order valence-corrected chi connectivity index (χ4v) is 4.65. The monoisotopic (exact) mass is 485 g/mol. The Morgan fingerprint density at radius 3 is 2.18 bits per heavy atom. The fourth-order valence-electron chi connectivity index (χ4n) is 3.75. The lowest BCUT2D eigenvalue weighted by Gasteiger charge is -2.21. The highest BCUT2D eigenvalue weighted by atomic mass is 32.2. The van der Waals surface area contributed by atoms with E-state index in [1.165, 1.54) is 18.4 Å². The number of carbonyl (C=O) groups excluding carboxylic acids is 1. The maximum absolute atomic E-state index is 13.5. The molecule has 9 heteroatoms. The third kappa shape index (κ3) is 4.86. The number of carbonyl (C=O) groups is 1. The molecule has 2 heterocycles. The molecule has 1 aromatic carbocycles. The van der Waals surface area contributed by atoms with Crippen LogP contribution in [-0.4, -0.2) is 47.5 Å². The summed E-state index contributed by atoms with van der Waals surface area (Å²) in [5, 5.41) is 8.51. The molecule has 0 aliphatic heterocycles. The summed E-state index contributed by atoms with van der Waals surface area (Å²) >= 11 is 0. The average Bonchev–Trinajstić information content (AvgIpc) is 3.10. The molecule has 3 aromatic rings. The normalized spacial score (nSPS) is 13.6. The molecule has 2 aromatic heterocycles. The number of rotatable bonds is 6. The van der Waals surface area contributed by atoms with Crippen molar-refractivity contribution in [2.24, 2.45) is 0 Å². The van der Waals surface area contributed by atoms with Crippen molar-refractivity contribution in [1.82, 2.24) is 24.4 Å². The third-order valence-corrected chi connectivity index (χ3v) is 7.64. The number of nitrogens with zero attached hydrogens (tertiary/aromatic N) is 4. The second kappa shape index (κ2) is 9.11. The average molecular weight is 486 g/mol. The van der Waals surface area contributed by atoms with E-state index in [2.05, 4.69) is 26.1 Å². The highest BCUT2D eigenvalue weighted by molar-refractivity contribution is 7.89. The van der Waals surface area contributed by atoms with Gasteiger partial charge < -0.3 is 5.32 Å². The molecule has 34 heavy (non-hydrogen) atoms. The van der Waals surface area contributed by atoms with E-state index in [0.29, 0.717) is 11.2 Å². The predicted molar refractivity (Wildman–Crippen MR) is 135 cm³/mol. The van der Waals surface area contributed by atoms with Crippen molar-refractivity contribution < 1.29 is 13.2 Å². The molecule has 0 saturated heterocycles. The summed E-state index contributed by atoms with van der Waals surface area (Å²) in [6, 6.07) is 8.10. The Morgan fingerprint density at radius 2 is 1.68 bits per heavy atom. The number of aromatic nitrogens is 3. The Morgan fingerprint density at radius 1 is 1.09 bits per heavy atom. The van der Waals surface area contributed by atoms with Crippen LogP contribution in [0.3, 0.4) is 0 Å². The van der Waals surface area contributed by atoms with Crippen LogP contribution < -0.4 is 5.32 Å². The van der Waals surface area contributed by atoms with Crippen molar-refractivity contribution in [2.45, 2.75) is 70.9 Å². The Hall–Kier alpha value is -2.78. The number of hydrogen-bond acceptors (Lipinski definition) is 5. The molecule has 1 unspecified atom stereocenters. The van der Waals surface area contributed by atoms with Gasteiger partial charge in [-0.3, -0.25) is 4.79 Å². The van der Waals surface area contributed by atoms with Crippen molar-refractivity contribution in [3.8, 4) is 0 Å². The van der Waals surface area contributed by atoms with E-state index in [4.69, 9.17) is 10.1 Å². The summed E-state index contributed by atoms with van der Waals surface area (Å²) in [4.78, 5) is 18.5. The van der Waals surface area contributed by atoms with E-state index in [1.807, 2.05) is 38.4 Å². The fraction of sp³-hybridized carbons (Fsp3) is 0.480. The minimum atomic E-state index is -3.51. The molecule has 0 radical (unpaired) electrons. The highest BCUT2D eigenvalue weighted by Gasteiger charge is 2.26. The number of aryl methyl sites for hydroxylation is 1. The molecule has 1 atom stereocenters. The maximum atomic E-state index is 13.5. The van der Waals surface area contributed by atoms with Gasteiger partial charge in [-0.15, -0.1) is 0 Å². The highest BCUT2D eigenvalue weighted by Crippen LogP contribution is 2.29. The zero-order valence-electron chi connectivity index (χ0n) is 21.5. The number of amides is 1. The van der Waals surface area contributed by atoms with Gasteiger partial charge in [0, 0.05) is 19.8 Å². The lowest BCUT2D eigenvalue weighted by atomic mass is 10.0. The topological polar surface area (TPSA) is 97.2 Å². The van der Waals surface area contributed by atoms with Gasteiger partial charge in [0.15, 0.2) is 5.65 Å². The number of fused-ring (bicyclic) bond motifs is 1. The predicted octanol–water partition coefficient (Wildman–Crippen LogP) is 4.36. The van der Waals surface area contributed by atoms with E-state index in [9.17, 15) is 13.2 Å². The van der Waals surface area contributed by atoms with Gasteiger partial charge in [0.1, 0.15) is 0 Å². The molecule has 8 nitrogen and oxygen atoms in total. The first kappa shape index (κ1) is 25.8. The Bertz CT molecular complexity index is 1320. The summed E-state index contributed by atoms with van der Waals surface area (Å²) < 4.78 is 27.7. The van der Waals surface area contributed by atoms with Crippen molar-refractivity contribution in [3.05, 3.63) is 52.8 Å². The van der Waals surface area contributed by atoms with Gasteiger partial charge >= 0.3 is 0 Å². The van der Waals surface area contributed by atoms with Crippen LogP contribution in [0.4, 0.5) is 0 Å². The summed E-state index contributed by atoms with van der Waals surface area (Å²) in [6.07, 6.45) is 0. The number of nitrogens with one attached hydrogen (secondary N) is 1. The second-order valence-corrected chi connectivity index (χ2v) is 12.3. The molecule has 1 N–H and O–H groups in total. The molecule has 0 aliphatic carbocycles. The lowest BCUT2D eigenvalue weighted by Crippen LogP contribution is -2.28. The standard InChI is InChI=1S/C25H35N5O3S/c1-15(2)21-14-20(22-17(4)28-30(23(22)27-21)25(5,6)7)24(31)26-16(3)18-10-12-19(13-11-18)34(32,33)29(8)9/h10-16H,1-9H3,(H,26,31). The van der Waals surface area contributed by atoms with E-state index in [1.54, 1.807) is 24.3 Å². The molecular weight excluding hydrogens is 450 g/mol. The van der Waals surface area contributed by atoms with Crippen molar-refractivity contribution >= 4 is 27.0 Å². The van der Waals surface area contributed by atoms with Gasteiger partial charge in [-0.2, -0.15) is 5.10 Å². The van der Waals surface area contributed by atoms with Crippen molar-refractivity contribution in [1.29, 1.82) is 0 Å². The number of pyridine rings is 1. The van der Waals surface area contributed by atoms with Crippen LogP contribution >= 0.6 is 0 Å². The molecule has 0 saturated carbocycles. The second-order valence-electron chi connectivity index (χ2n) is 10.2. The minimum absolute atomic E-state index is 0.142. The Labute approximate surface area is 202 Å². The van der Waals surface area contributed by atoms with Crippen LogP contribution in [0.1, 0.15) is 80.8 Å². The van der Waals surface area contributed by atoms with Gasteiger partial charge in [-0.25, -0.2) is 22.4 Å². The molecule has 0 spiro atoms. The van der Waals surface area contributed by atoms with Crippen LogP contribution in [0.2, 0.25) is 0 Å². The third-order valence-electron chi connectivity index (χ3n) is 5.81. The van der Waals surface area contributed by atoms with Crippen molar-refractivity contribution in [2.75, 3.05) is 14.1 Å². The SMILES string of the molecule is Cc1nn(C(C)(C)C)c2nc(C(C)C)cc(C(=O)NC(C)c3ccc(S(=O)(=O)N(C)C)cc3)c12. The molecule has 0 fully saturated rings. The molecule has 3 rings (SSSR count). The van der Waals surface area contributed by atoms with E-state index in [0.717, 1.165) is 22.3 Å². The summed E-state index contributed by atoms with van der Waals surface area (Å²) in [6.45, 7) is 14.0. The first-order valence-electron chi connectivity index (χ1n) is 11.4. The van der Waals surface area contributed by atoms with Crippen LogP contribution in [-0.2, 0) is 15.6 Å². The van der Waals surface area contributed by atoms with Gasteiger partial charge in [-0.1, -0.05) is 26.0 Å². The molecule has 184 valence electrons. The van der Waals surface area contributed by atoms with Crippen LogP contribution in [0, 0.1) is 6.92 Å². The summed E-state index contributed by atoms with van der Waals surface area (Å²) in [7, 11) is -0.514. The number of sulfonamides is 1. The van der Waals surface area contributed by atoms with Gasteiger partial charge in [-0.05, 0) is 64.3 Å². The van der Waals surface area contributed by atoms with E-state index >= 15 is 0 Å². The number of benzene rings is 1. The van der Waals surface area contributed by atoms with Crippen LogP contribution in [0.25, 0.3) is 11.0 Å². The van der Waals surface area contributed by atoms with Gasteiger partial charge in [0.2, 0.25) is 10.0 Å². The quantitative estimate of drug-likeness (QED) is 0.560. The first-order chi connectivity index (χ1) is 15.6. The largest absolute Gasteiger partial charge is 0.345 e. The molecular formula is C25H35N5O3S.